The van der Waals surface area contributed by atoms with E-state index in [4.69, 9.17) is 24.7 Å². The molecule has 3 aliphatic rings. The van der Waals surface area contributed by atoms with Crippen LogP contribution >= 0.6 is 0 Å². The molecule has 2 N–H and O–H groups in total. The maximum Gasteiger partial charge on any atom is 0.307 e. The van der Waals surface area contributed by atoms with E-state index in [0.29, 0.717) is 39.1 Å². The zero-order valence-electron chi connectivity index (χ0n) is 25.0. The molecule has 6 rings (SSSR count). The summed E-state index contributed by atoms with van der Waals surface area (Å²) < 4.78 is 5.89. The fourth-order valence-electron chi connectivity index (χ4n) is 6.38. The van der Waals surface area contributed by atoms with Crippen LogP contribution in [-0.4, -0.2) is 32.1 Å². The second kappa shape index (κ2) is 11.0. The van der Waals surface area contributed by atoms with Crippen molar-refractivity contribution < 1.29 is 41.6 Å². The quantitative estimate of drug-likeness (QED) is 0.280. The van der Waals surface area contributed by atoms with Crippen molar-refractivity contribution in [2.75, 3.05) is 0 Å². The van der Waals surface area contributed by atoms with Gasteiger partial charge in [0.15, 0.2) is 5.60 Å². The number of carboxylic acid groups (broad SMARTS) is 1. The molecule has 1 saturated heterocycles. The van der Waals surface area contributed by atoms with Gasteiger partial charge in [0.05, 0.1) is 22.8 Å². The second-order valence-corrected chi connectivity index (χ2v) is 11.5. The number of aliphatic hydroxyl groups is 1. The fraction of sp³-hybridized carbons (Fsp3) is 0.294. The monoisotopic (exact) mass is 632 g/mol. The number of carboxylic acids is 1. The summed E-state index contributed by atoms with van der Waals surface area (Å²) in [6.45, 7) is 15.4. The number of aryl methyl sites for hydroxylation is 3. The number of hydrogen-bond donors (Lipinski definition) is 2. The van der Waals surface area contributed by atoms with E-state index < -0.39 is 23.1 Å². The first-order chi connectivity index (χ1) is 20.4. The van der Waals surface area contributed by atoms with Gasteiger partial charge in [0.2, 0.25) is 0 Å². The van der Waals surface area contributed by atoms with Gasteiger partial charge in [-0.05, 0) is 45.3 Å². The molecule has 3 aromatic heterocycles. The molecule has 6 heterocycles. The van der Waals surface area contributed by atoms with Crippen molar-refractivity contribution in [1.29, 1.82) is 0 Å². The number of carbonyl (C=O) groups excluding carboxylic acids is 1. The van der Waals surface area contributed by atoms with Gasteiger partial charge >= 0.3 is 11.9 Å². The van der Waals surface area contributed by atoms with Crippen molar-refractivity contribution in [3.8, 4) is 0 Å². The summed E-state index contributed by atoms with van der Waals surface area (Å²) in [4.78, 5) is 43.7. The maximum absolute atomic E-state index is 12.5. The van der Waals surface area contributed by atoms with Crippen LogP contribution in [0.15, 0.2) is 43.5 Å². The number of aromatic nitrogens is 4. The first-order valence-corrected chi connectivity index (χ1v) is 14.2. The smallest absolute Gasteiger partial charge is 0.307 e. The third-order valence-electron chi connectivity index (χ3n) is 9.00. The van der Waals surface area contributed by atoms with Crippen molar-refractivity contribution >= 4 is 51.2 Å². The van der Waals surface area contributed by atoms with Gasteiger partial charge in [-0.1, -0.05) is 66.3 Å². The van der Waals surface area contributed by atoms with Crippen LogP contribution in [0.1, 0.15) is 78.1 Å². The zero-order chi connectivity index (χ0) is 30.8. The van der Waals surface area contributed by atoms with Crippen LogP contribution in [-0.2, 0) is 49.0 Å². The number of fused-ring (bicyclic) bond motifs is 9. The fourth-order valence-corrected chi connectivity index (χ4v) is 6.38. The summed E-state index contributed by atoms with van der Waals surface area (Å²) in [7, 11) is 0. The van der Waals surface area contributed by atoms with E-state index in [1.54, 1.807) is 31.2 Å². The molecule has 1 fully saturated rings. The third kappa shape index (κ3) is 4.65. The normalized spacial score (nSPS) is 20.9. The van der Waals surface area contributed by atoms with E-state index in [-0.39, 0.29) is 48.4 Å². The van der Waals surface area contributed by atoms with Gasteiger partial charge in [-0.15, -0.1) is 22.1 Å². The molecule has 3 aliphatic heterocycles. The molecule has 1 spiro atoms. The van der Waals surface area contributed by atoms with Gasteiger partial charge < -0.3 is 24.9 Å². The van der Waals surface area contributed by atoms with Crippen LogP contribution < -0.4 is 9.97 Å². The Kier molecular flexibility index (Phi) is 7.82. The Labute approximate surface area is 265 Å². The number of hydrogen-bond acceptors (Lipinski definition) is 6. The molecule has 0 amide bonds. The molecule has 44 heavy (non-hydrogen) atoms. The topological polar surface area (TPSA) is 138 Å². The molecule has 0 radical (unpaired) electrons. The number of allylic oxidation sites excluding steroid dienone is 3. The molecule has 3 aromatic rings. The summed E-state index contributed by atoms with van der Waals surface area (Å²) in [6.07, 6.45) is 3.97. The van der Waals surface area contributed by atoms with E-state index >= 15 is 0 Å². The van der Waals surface area contributed by atoms with Crippen molar-refractivity contribution in [1.82, 2.24) is 19.9 Å². The summed E-state index contributed by atoms with van der Waals surface area (Å²) in [5, 5.41) is 21.5. The SMILES string of the molecule is C=CC1=C(C)c2cc3[n-]c(cc4nc(cc5[n-]c(cc1n2)c(C)c5C=C)[C@](C)(O)[C@@]41CCC(=O)O1)c(CCC(=O)O)c3C.[Fe]. The van der Waals surface area contributed by atoms with Gasteiger partial charge in [-0.25, -0.2) is 4.98 Å². The predicted octanol–water partition coefficient (Wildman–Crippen LogP) is 5.40. The van der Waals surface area contributed by atoms with Gasteiger partial charge in [-0.3, -0.25) is 14.6 Å². The summed E-state index contributed by atoms with van der Waals surface area (Å²) in [5.74, 6) is -1.36. The number of rotatable bonds is 5. The van der Waals surface area contributed by atoms with Gasteiger partial charge in [0, 0.05) is 41.9 Å². The molecule has 228 valence electrons. The van der Waals surface area contributed by atoms with E-state index in [1.807, 2.05) is 32.9 Å². The molecule has 9 nitrogen and oxygen atoms in total. The van der Waals surface area contributed by atoms with Crippen LogP contribution in [0.5, 0.6) is 0 Å². The first kappa shape index (κ1) is 31.2. The van der Waals surface area contributed by atoms with Crippen LogP contribution in [0.4, 0.5) is 0 Å². The second-order valence-electron chi connectivity index (χ2n) is 11.5. The number of nitrogens with zero attached hydrogens (tertiary/aromatic N) is 4. The molecule has 10 heteroatoms. The number of ether oxygens (including phenoxy) is 1. The van der Waals surface area contributed by atoms with E-state index in [1.165, 1.54) is 0 Å². The Bertz CT molecular complexity index is 1970. The molecule has 8 bridgehead atoms. The van der Waals surface area contributed by atoms with Crippen LogP contribution in [0.3, 0.4) is 0 Å². The number of aliphatic carboxylic acids is 1. The zero-order valence-corrected chi connectivity index (χ0v) is 26.1. The Morgan fingerprint density at radius 3 is 2.27 bits per heavy atom. The van der Waals surface area contributed by atoms with Crippen LogP contribution in [0.25, 0.3) is 39.3 Å². The number of carbonyl (C=O) groups is 2. The molecular formula is C34H32FeN4O5-2. The molecule has 2 atom stereocenters. The van der Waals surface area contributed by atoms with Gasteiger partial charge in [-0.2, -0.15) is 0 Å². The van der Waals surface area contributed by atoms with Crippen molar-refractivity contribution in [2.24, 2.45) is 0 Å². The van der Waals surface area contributed by atoms with Crippen LogP contribution in [0.2, 0.25) is 0 Å². The van der Waals surface area contributed by atoms with Crippen LogP contribution in [0, 0.1) is 13.8 Å². The van der Waals surface area contributed by atoms with Crippen molar-refractivity contribution in [3.63, 3.8) is 0 Å². The molecular weight excluding hydrogens is 600 g/mol. The summed E-state index contributed by atoms with van der Waals surface area (Å²) in [6, 6.07) is 7.21. The minimum atomic E-state index is -1.68. The standard InChI is InChI=1S/C34H33N4O5.Fe/c1-7-20-17(3)23-13-24-19(5)22(9-10-31(39)40)28(37-24)16-30-34(12-11-32(41)43-34)33(6,42)29(38-30)15-27-21(8-2)18(4)25(36-27)14-26(20)35-23;/h7-8,13-16,42H,1-2,9-12H2,3-6H3,(H2-,35,36,37,38,39,40);/q-1;/p-1/t33-,34+;/m0./s1. The van der Waals surface area contributed by atoms with E-state index in [2.05, 4.69) is 13.2 Å². The maximum atomic E-state index is 12.5. The molecule has 0 saturated carbocycles. The van der Waals surface area contributed by atoms with Crippen molar-refractivity contribution in [3.05, 3.63) is 88.5 Å². The van der Waals surface area contributed by atoms with Gasteiger partial charge in [0.1, 0.15) is 5.60 Å². The predicted molar refractivity (Wildman–Crippen MR) is 164 cm³/mol. The largest absolute Gasteiger partial charge is 0.657 e. The number of esters is 1. The Hall–Kier alpha value is -4.24. The molecule has 0 unspecified atom stereocenters. The minimum absolute atomic E-state index is 0. The molecule has 0 aliphatic carbocycles. The third-order valence-corrected chi connectivity index (χ3v) is 9.00. The summed E-state index contributed by atoms with van der Waals surface area (Å²) in [5.41, 5.74) is 6.36. The molecule has 0 aromatic carbocycles. The Morgan fingerprint density at radius 2 is 1.64 bits per heavy atom. The van der Waals surface area contributed by atoms with E-state index in [0.717, 1.165) is 33.4 Å². The average molecular weight is 632 g/mol. The van der Waals surface area contributed by atoms with Crippen molar-refractivity contribution in [2.45, 2.75) is 64.6 Å². The Morgan fingerprint density at radius 1 is 0.977 bits per heavy atom. The summed E-state index contributed by atoms with van der Waals surface area (Å²) >= 11 is 0. The Balaban J connectivity index is 0.00000384. The first-order valence-electron chi connectivity index (χ1n) is 14.2. The van der Waals surface area contributed by atoms with Gasteiger partial charge in [0.25, 0.3) is 0 Å². The average Bonchev–Trinajstić information content (AvgIpc) is 3.69. The van der Waals surface area contributed by atoms with E-state index in [9.17, 15) is 19.8 Å². The minimum Gasteiger partial charge on any atom is -0.657 e.